The molecule has 26 heavy (non-hydrogen) atoms. The van der Waals surface area contributed by atoms with Gasteiger partial charge in [-0.2, -0.15) is 0 Å². The van der Waals surface area contributed by atoms with E-state index in [9.17, 15) is 13.2 Å². The number of carbonyl (C=O) groups is 1. The Morgan fingerprint density at radius 1 is 1.08 bits per heavy atom. The van der Waals surface area contributed by atoms with Crippen LogP contribution in [-0.4, -0.2) is 37.7 Å². The lowest BCUT2D eigenvalue weighted by Crippen LogP contribution is -2.22. The van der Waals surface area contributed by atoms with Crippen LogP contribution in [0.5, 0.6) is 0 Å². The average Bonchev–Trinajstić information content (AvgIpc) is 3.03. The van der Waals surface area contributed by atoms with Gasteiger partial charge in [0.05, 0.1) is 19.6 Å². The van der Waals surface area contributed by atoms with E-state index >= 15 is 0 Å². The minimum atomic E-state index is -3.54. The zero-order chi connectivity index (χ0) is 19.1. The zero-order valence-corrected chi connectivity index (χ0v) is 16.8. The van der Waals surface area contributed by atoms with Crippen LogP contribution >= 0.6 is 34.5 Å². The number of aromatic nitrogens is 1. The van der Waals surface area contributed by atoms with Crippen LogP contribution in [0, 0.1) is 0 Å². The molecule has 0 aliphatic carbocycles. The molecular formula is C16H13Cl2N3O3S2. The lowest BCUT2D eigenvalue weighted by molar-refractivity contribution is 0.102. The molecule has 1 N–H and O–H groups in total. The van der Waals surface area contributed by atoms with E-state index in [0.29, 0.717) is 31.0 Å². The van der Waals surface area contributed by atoms with Crippen LogP contribution in [0.2, 0.25) is 10.0 Å². The molecule has 0 aliphatic rings. The number of carbonyl (C=O) groups excluding carboxylic acids is 1. The molecule has 0 saturated heterocycles. The van der Waals surface area contributed by atoms with Gasteiger partial charge in [0, 0.05) is 19.7 Å². The summed E-state index contributed by atoms with van der Waals surface area (Å²) >= 11 is 13.4. The summed E-state index contributed by atoms with van der Waals surface area (Å²) in [6, 6.07) is 8.96. The highest BCUT2D eigenvalue weighted by Gasteiger charge is 2.18. The molecule has 1 amide bonds. The summed E-state index contributed by atoms with van der Waals surface area (Å²) in [7, 11) is -0.656. The van der Waals surface area contributed by atoms with Crippen molar-refractivity contribution in [3.63, 3.8) is 0 Å². The van der Waals surface area contributed by atoms with Gasteiger partial charge in [0.25, 0.3) is 5.91 Å². The SMILES string of the molecule is CN(C)S(=O)(=O)c1ccc(C(=O)Nc2nc3c(Cl)ccc(Cl)c3s2)cc1. The monoisotopic (exact) mass is 429 g/mol. The van der Waals surface area contributed by atoms with Crippen LogP contribution < -0.4 is 5.32 Å². The Hall–Kier alpha value is -1.71. The predicted octanol–water partition coefficient (Wildman–Crippen LogP) is 4.11. The topological polar surface area (TPSA) is 79.4 Å². The second-order valence-electron chi connectivity index (χ2n) is 5.49. The number of amides is 1. The molecule has 0 atom stereocenters. The van der Waals surface area contributed by atoms with Crippen molar-refractivity contribution >= 4 is 65.8 Å². The Bertz CT molecular complexity index is 1050. The number of sulfonamides is 1. The van der Waals surface area contributed by atoms with Gasteiger partial charge in [0.2, 0.25) is 10.0 Å². The second kappa shape index (κ2) is 7.13. The number of hydrogen-bond acceptors (Lipinski definition) is 5. The van der Waals surface area contributed by atoms with Crippen LogP contribution in [0.3, 0.4) is 0 Å². The average molecular weight is 430 g/mol. The highest BCUT2D eigenvalue weighted by atomic mass is 35.5. The van der Waals surface area contributed by atoms with E-state index in [0.717, 1.165) is 4.31 Å². The number of anilines is 1. The summed E-state index contributed by atoms with van der Waals surface area (Å²) in [5.74, 6) is -0.412. The van der Waals surface area contributed by atoms with Gasteiger partial charge in [0.1, 0.15) is 5.52 Å². The van der Waals surface area contributed by atoms with Gasteiger partial charge >= 0.3 is 0 Å². The molecule has 6 nitrogen and oxygen atoms in total. The van der Waals surface area contributed by atoms with Crippen molar-refractivity contribution in [3.8, 4) is 0 Å². The third kappa shape index (κ3) is 3.56. The number of rotatable bonds is 4. The van der Waals surface area contributed by atoms with E-state index in [1.807, 2.05) is 0 Å². The minimum absolute atomic E-state index is 0.109. The summed E-state index contributed by atoms with van der Waals surface area (Å²) in [5, 5.41) is 3.97. The number of nitrogens with one attached hydrogen (secondary N) is 1. The molecule has 1 heterocycles. The highest BCUT2D eigenvalue weighted by Crippen LogP contribution is 2.36. The third-order valence-corrected chi connectivity index (χ3v) is 7.13. The minimum Gasteiger partial charge on any atom is -0.298 e. The standard InChI is InChI=1S/C16H13Cl2N3O3S2/c1-21(2)26(23,24)10-5-3-9(4-6-10)15(22)20-16-19-13-11(17)7-8-12(18)14(13)25-16/h3-8H,1-2H3,(H,19,20,22). The quantitative estimate of drug-likeness (QED) is 0.676. The number of fused-ring (bicyclic) bond motifs is 1. The molecule has 1 aromatic heterocycles. The van der Waals surface area contributed by atoms with Crippen molar-refractivity contribution in [3.05, 3.63) is 52.0 Å². The fraction of sp³-hybridized carbons (Fsp3) is 0.125. The van der Waals surface area contributed by atoms with E-state index in [1.54, 1.807) is 12.1 Å². The molecule has 0 bridgehead atoms. The van der Waals surface area contributed by atoms with Gasteiger partial charge < -0.3 is 0 Å². The van der Waals surface area contributed by atoms with Crippen molar-refractivity contribution in [2.45, 2.75) is 4.90 Å². The van der Waals surface area contributed by atoms with Crippen molar-refractivity contribution in [2.24, 2.45) is 0 Å². The molecule has 10 heteroatoms. The van der Waals surface area contributed by atoms with Gasteiger partial charge in [-0.15, -0.1) is 0 Å². The lowest BCUT2D eigenvalue weighted by Gasteiger charge is -2.11. The molecule has 136 valence electrons. The Labute approximate surface area is 164 Å². The smallest absolute Gasteiger partial charge is 0.257 e. The van der Waals surface area contributed by atoms with Gasteiger partial charge in [-0.3, -0.25) is 10.1 Å². The Kier molecular flexibility index (Phi) is 5.23. The molecule has 0 unspecified atom stereocenters. The van der Waals surface area contributed by atoms with Crippen LogP contribution in [0.1, 0.15) is 10.4 Å². The van der Waals surface area contributed by atoms with Gasteiger partial charge in [0.15, 0.2) is 5.13 Å². The zero-order valence-electron chi connectivity index (χ0n) is 13.7. The van der Waals surface area contributed by atoms with Crippen LogP contribution in [0.15, 0.2) is 41.3 Å². The van der Waals surface area contributed by atoms with Gasteiger partial charge in [-0.05, 0) is 36.4 Å². The number of benzene rings is 2. The summed E-state index contributed by atoms with van der Waals surface area (Å²) in [6.45, 7) is 0. The van der Waals surface area contributed by atoms with Gasteiger partial charge in [-0.1, -0.05) is 34.5 Å². The lowest BCUT2D eigenvalue weighted by atomic mass is 10.2. The molecule has 0 saturated carbocycles. The highest BCUT2D eigenvalue weighted by molar-refractivity contribution is 7.89. The summed E-state index contributed by atoms with van der Waals surface area (Å²) in [5.41, 5.74) is 0.825. The van der Waals surface area contributed by atoms with E-state index in [2.05, 4.69) is 10.3 Å². The molecule has 0 aliphatic heterocycles. The maximum Gasteiger partial charge on any atom is 0.257 e. The molecular weight excluding hydrogens is 417 g/mol. The molecule has 0 radical (unpaired) electrons. The van der Waals surface area contributed by atoms with Crippen LogP contribution in [-0.2, 0) is 10.0 Å². The molecule has 0 fully saturated rings. The van der Waals surface area contributed by atoms with E-state index in [1.165, 1.54) is 49.7 Å². The Morgan fingerprint density at radius 2 is 1.69 bits per heavy atom. The number of hydrogen-bond donors (Lipinski definition) is 1. The fourth-order valence-corrected chi connectivity index (χ4v) is 4.47. The largest absolute Gasteiger partial charge is 0.298 e. The molecule has 2 aromatic carbocycles. The molecule has 0 spiro atoms. The van der Waals surface area contributed by atoms with Gasteiger partial charge in [-0.25, -0.2) is 17.7 Å². The summed E-state index contributed by atoms with van der Waals surface area (Å²) in [4.78, 5) is 16.8. The molecule has 3 aromatic rings. The third-order valence-electron chi connectivity index (χ3n) is 3.56. The van der Waals surface area contributed by atoms with Crippen LogP contribution in [0.4, 0.5) is 5.13 Å². The first-order chi connectivity index (χ1) is 12.2. The number of nitrogens with zero attached hydrogens (tertiary/aromatic N) is 2. The maximum absolute atomic E-state index is 12.4. The second-order valence-corrected chi connectivity index (χ2v) is 9.46. The predicted molar refractivity (Wildman–Crippen MR) is 105 cm³/mol. The molecule has 3 rings (SSSR count). The first-order valence-electron chi connectivity index (χ1n) is 7.28. The first kappa shape index (κ1) is 19.1. The first-order valence-corrected chi connectivity index (χ1v) is 10.3. The number of thiazole rings is 1. The fourth-order valence-electron chi connectivity index (χ4n) is 2.16. The van der Waals surface area contributed by atoms with Crippen LogP contribution in [0.25, 0.3) is 10.2 Å². The van der Waals surface area contributed by atoms with Crippen molar-refractivity contribution in [2.75, 3.05) is 19.4 Å². The van der Waals surface area contributed by atoms with Crippen molar-refractivity contribution < 1.29 is 13.2 Å². The Balaban J connectivity index is 1.85. The Morgan fingerprint density at radius 3 is 2.27 bits per heavy atom. The van der Waals surface area contributed by atoms with Crippen molar-refractivity contribution in [1.82, 2.24) is 9.29 Å². The van der Waals surface area contributed by atoms with E-state index < -0.39 is 15.9 Å². The summed E-state index contributed by atoms with van der Waals surface area (Å²) in [6.07, 6.45) is 0. The summed E-state index contributed by atoms with van der Waals surface area (Å²) < 4.78 is 25.9. The van der Waals surface area contributed by atoms with Crippen molar-refractivity contribution in [1.29, 1.82) is 0 Å². The normalized spacial score (nSPS) is 11.9. The maximum atomic E-state index is 12.4. The van der Waals surface area contributed by atoms with E-state index in [-0.39, 0.29) is 4.90 Å². The van der Waals surface area contributed by atoms with E-state index in [4.69, 9.17) is 23.2 Å². The number of halogens is 2.